The van der Waals surface area contributed by atoms with Gasteiger partial charge in [0.1, 0.15) is 10.6 Å². The number of hydrogen-bond donors (Lipinski definition) is 0. The fourth-order valence-electron chi connectivity index (χ4n) is 1.000. The number of nitrogens with zero attached hydrogens (tertiary/aromatic N) is 2. The van der Waals surface area contributed by atoms with Crippen molar-refractivity contribution in [1.82, 2.24) is 0 Å². The minimum Gasteiger partial charge on any atom is -0.459 e. The van der Waals surface area contributed by atoms with E-state index < -0.39 is 28.3 Å². The summed E-state index contributed by atoms with van der Waals surface area (Å²) in [6, 6.07) is 1.00. The van der Waals surface area contributed by atoms with Crippen LogP contribution in [0.1, 0.15) is 23.5 Å². The molecule has 0 radical (unpaired) electrons. The SMILES string of the molecule is CC(C)OC(=O)c1cc(OC(F)(F)F)cs1.O=C=NS(=O)(=O)N=C=O. The summed E-state index contributed by atoms with van der Waals surface area (Å²) in [7, 11) is -4.28. The zero-order chi connectivity index (χ0) is 19.7. The van der Waals surface area contributed by atoms with Crippen molar-refractivity contribution in [3.63, 3.8) is 0 Å². The molecule has 0 saturated carbocycles. The molecule has 0 N–H and O–H groups in total. The molecule has 1 aromatic rings. The van der Waals surface area contributed by atoms with Crippen LogP contribution in [0.25, 0.3) is 0 Å². The van der Waals surface area contributed by atoms with Crippen LogP contribution in [0.3, 0.4) is 0 Å². The van der Waals surface area contributed by atoms with E-state index in [1.54, 1.807) is 13.8 Å². The number of isocyanates is 2. The van der Waals surface area contributed by atoms with Gasteiger partial charge in [-0.25, -0.2) is 14.4 Å². The minimum atomic E-state index is -4.75. The van der Waals surface area contributed by atoms with Gasteiger partial charge in [-0.3, -0.25) is 0 Å². The third kappa shape index (κ3) is 10.8. The number of halogens is 3. The average molecular weight is 402 g/mol. The normalized spacial score (nSPS) is 10.6. The molecule has 0 saturated heterocycles. The summed E-state index contributed by atoms with van der Waals surface area (Å²) in [5, 5.41) is 1.10. The number of ether oxygens (including phenoxy) is 2. The van der Waals surface area contributed by atoms with E-state index in [9.17, 15) is 36.0 Å². The second-order valence-electron chi connectivity index (χ2n) is 3.96. The van der Waals surface area contributed by atoms with Gasteiger partial charge < -0.3 is 9.47 Å². The Morgan fingerprint density at radius 2 is 1.76 bits per heavy atom. The third-order valence-corrected chi connectivity index (χ3v) is 3.16. The highest BCUT2D eigenvalue weighted by Crippen LogP contribution is 2.28. The number of hydrogen-bond acceptors (Lipinski definition) is 8. The Kier molecular flexibility index (Phi) is 8.71. The van der Waals surface area contributed by atoms with Gasteiger partial charge in [0.15, 0.2) is 0 Å². The highest BCUT2D eigenvalue weighted by Gasteiger charge is 2.31. The van der Waals surface area contributed by atoms with Crippen LogP contribution < -0.4 is 4.74 Å². The van der Waals surface area contributed by atoms with Gasteiger partial charge in [-0.1, -0.05) is 8.80 Å². The van der Waals surface area contributed by atoms with Crippen molar-refractivity contribution in [3.05, 3.63) is 16.3 Å². The van der Waals surface area contributed by atoms with Crippen molar-refractivity contribution in [2.45, 2.75) is 26.3 Å². The molecule has 138 valence electrons. The number of rotatable bonds is 5. The van der Waals surface area contributed by atoms with E-state index in [0.29, 0.717) is 12.2 Å². The van der Waals surface area contributed by atoms with Gasteiger partial charge in [0.25, 0.3) is 12.2 Å². The number of carbonyl (C=O) groups is 1. The van der Waals surface area contributed by atoms with Crippen LogP contribution in [0.2, 0.25) is 0 Å². The van der Waals surface area contributed by atoms with Gasteiger partial charge in [-0.2, -0.15) is 8.42 Å². The summed E-state index contributed by atoms with van der Waals surface area (Å²) in [4.78, 5) is 29.8. The molecule has 0 aromatic carbocycles. The maximum Gasteiger partial charge on any atom is 0.573 e. The minimum absolute atomic E-state index is 0.0768. The molecule has 1 heterocycles. The first-order valence-electron chi connectivity index (χ1n) is 5.88. The Labute approximate surface area is 143 Å². The van der Waals surface area contributed by atoms with Crippen LogP contribution >= 0.6 is 11.3 Å². The number of alkyl halides is 3. The Balaban J connectivity index is 0.000000547. The lowest BCUT2D eigenvalue weighted by Crippen LogP contribution is -2.16. The first-order chi connectivity index (χ1) is 11.4. The van der Waals surface area contributed by atoms with Crippen LogP contribution in [0, 0.1) is 0 Å². The molecule has 0 aliphatic rings. The largest absolute Gasteiger partial charge is 0.573 e. The Bertz CT molecular complexity index is 765. The van der Waals surface area contributed by atoms with Crippen LogP contribution in [-0.4, -0.2) is 39.0 Å². The molecule has 9 nitrogen and oxygen atoms in total. The molecule has 0 aliphatic carbocycles. The second kappa shape index (κ2) is 9.69. The lowest BCUT2D eigenvalue weighted by molar-refractivity contribution is -0.274. The highest BCUT2D eigenvalue weighted by atomic mass is 32.2. The predicted molar refractivity (Wildman–Crippen MR) is 76.7 cm³/mol. The molecule has 0 amide bonds. The molecule has 0 bridgehead atoms. The molecular weight excluding hydrogens is 393 g/mol. The summed E-state index contributed by atoms with van der Waals surface area (Å²) >= 11 is 0.841. The average Bonchev–Trinajstić information content (AvgIpc) is 2.84. The van der Waals surface area contributed by atoms with E-state index >= 15 is 0 Å². The van der Waals surface area contributed by atoms with Crippen molar-refractivity contribution in [2.24, 2.45) is 8.80 Å². The van der Waals surface area contributed by atoms with Gasteiger partial charge >= 0.3 is 22.5 Å². The van der Waals surface area contributed by atoms with Gasteiger partial charge in [0.05, 0.1) is 6.10 Å². The van der Waals surface area contributed by atoms with E-state index in [-0.39, 0.29) is 11.0 Å². The lowest BCUT2D eigenvalue weighted by Gasteiger charge is -2.06. The zero-order valence-corrected chi connectivity index (χ0v) is 14.1. The van der Waals surface area contributed by atoms with Crippen molar-refractivity contribution in [2.75, 3.05) is 0 Å². The first kappa shape index (κ1) is 22.5. The van der Waals surface area contributed by atoms with E-state index in [4.69, 9.17) is 4.74 Å². The lowest BCUT2D eigenvalue weighted by atomic mass is 10.4. The Morgan fingerprint density at radius 1 is 1.24 bits per heavy atom. The monoisotopic (exact) mass is 402 g/mol. The van der Waals surface area contributed by atoms with Gasteiger partial charge in [-0.05, 0) is 13.8 Å². The molecule has 25 heavy (non-hydrogen) atoms. The van der Waals surface area contributed by atoms with E-state index in [1.807, 2.05) is 0 Å². The zero-order valence-electron chi connectivity index (χ0n) is 12.4. The van der Waals surface area contributed by atoms with Crippen LogP contribution in [-0.2, 0) is 24.5 Å². The fraction of sp³-hybridized carbons (Fsp3) is 0.364. The van der Waals surface area contributed by atoms with Gasteiger partial charge in [0, 0.05) is 11.4 Å². The van der Waals surface area contributed by atoms with Crippen molar-refractivity contribution < 1.29 is 45.4 Å². The topological polar surface area (TPSA) is 129 Å². The van der Waals surface area contributed by atoms with Crippen molar-refractivity contribution in [1.29, 1.82) is 0 Å². The van der Waals surface area contributed by atoms with Gasteiger partial charge in [0.2, 0.25) is 0 Å². The first-order valence-corrected chi connectivity index (χ1v) is 8.16. The van der Waals surface area contributed by atoms with Gasteiger partial charge in [-0.15, -0.1) is 24.5 Å². The maximum atomic E-state index is 11.8. The summed E-state index contributed by atoms with van der Waals surface area (Å²) in [6.07, 6.45) is -3.65. The molecular formula is C11H9F3N2O7S2. The summed E-state index contributed by atoms with van der Waals surface area (Å²) in [5.74, 6) is -1.06. The van der Waals surface area contributed by atoms with E-state index in [1.165, 1.54) is 0 Å². The van der Waals surface area contributed by atoms with E-state index in [0.717, 1.165) is 22.8 Å². The quantitative estimate of drug-likeness (QED) is 0.419. The molecule has 1 aromatic heterocycles. The molecule has 0 aliphatic heterocycles. The third-order valence-electron chi connectivity index (χ3n) is 1.66. The number of thiophene rings is 1. The fourth-order valence-corrected chi connectivity index (χ4v) is 1.92. The van der Waals surface area contributed by atoms with Crippen LogP contribution in [0.5, 0.6) is 5.75 Å². The molecule has 14 heteroatoms. The van der Waals surface area contributed by atoms with Crippen LogP contribution in [0.15, 0.2) is 20.2 Å². The Hall–Kier alpha value is -2.53. The molecule has 0 spiro atoms. The molecule has 0 atom stereocenters. The summed E-state index contributed by atoms with van der Waals surface area (Å²) in [6.45, 7) is 3.30. The summed E-state index contributed by atoms with van der Waals surface area (Å²) < 4.78 is 68.3. The molecule has 1 rings (SSSR count). The van der Waals surface area contributed by atoms with Crippen molar-refractivity contribution >= 4 is 39.7 Å². The van der Waals surface area contributed by atoms with E-state index in [2.05, 4.69) is 13.5 Å². The standard InChI is InChI=1S/C9H9F3O3S.C2N2O4S/c1-5(2)14-8(13)7-3-6(4-16-7)15-9(10,11)12;5-1-3-9(7,8)4-2-6/h3-5H,1-2H3;. The Morgan fingerprint density at radius 3 is 2.16 bits per heavy atom. The van der Waals surface area contributed by atoms with Crippen molar-refractivity contribution in [3.8, 4) is 5.75 Å². The second-order valence-corrected chi connectivity index (χ2v) is 6.13. The summed E-state index contributed by atoms with van der Waals surface area (Å²) in [5.41, 5.74) is 0. The molecule has 0 fully saturated rings. The number of carbonyl (C=O) groups excluding carboxylic acids is 3. The maximum absolute atomic E-state index is 11.8. The smallest absolute Gasteiger partial charge is 0.459 e. The highest BCUT2D eigenvalue weighted by molar-refractivity contribution is 7.89. The van der Waals surface area contributed by atoms with Crippen LogP contribution in [0.4, 0.5) is 13.2 Å². The number of esters is 1. The molecule has 0 unspecified atom stereocenters. The predicted octanol–water partition coefficient (Wildman–Crippen LogP) is 2.11.